The molecule has 0 fully saturated rings. The van der Waals surface area contributed by atoms with Crippen molar-refractivity contribution in [2.24, 2.45) is 5.92 Å². The van der Waals surface area contributed by atoms with Crippen molar-refractivity contribution in [2.45, 2.75) is 33.7 Å². The van der Waals surface area contributed by atoms with Gasteiger partial charge in [-0.15, -0.1) is 0 Å². The lowest BCUT2D eigenvalue weighted by atomic mass is 10.1. The van der Waals surface area contributed by atoms with Crippen LogP contribution in [0.25, 0.3) is 10.9 Å². The highest BCUT2D eigenvalue weighted by atomic mass is 16.5. The molecule has 2 rings (SSSR count). The summed E-state index contributed by atoms with van der Waals surface area (Å²) in [5, 5.41) is 4.69. The molecule has 1 aromatic carbocycles. The Bertz CT molecular complexity index is 566. The highest BCUT2D eigenvalue weighted by Crippen LogP contribution is 2.17. The standard InChI is InChI=1S/C18H26N2O/c1-14(2)8-10-21-11-9-19-13-16-12-15(3)20-18-7-5-4-6-17(16)18/h4-7,12,14,19H,8-11,13H2,1-3H3. The first kappa shape index (κ1) is 15.9. The SMILES string of the molecule is Cc1cc(CNCCOCCC(C)C)c2ccccc2n1. The molecule has 0 aliphatic heterocycles. The molecule has 0 bridgehead atoms. The summed E-state index contributed by atoms with van der Waals surface area (Å²) in [6.07, 6.45) is 1.13. The molecule has 3 nitrogen and oxygen atoms in total. The van der Waals surface area contributed by atoms with E-state index in [1.807, 2.05) is 13.0 Å². The van der Waals surface area contributed by atoms with E-state index < -0.39 is 0 Å². The molecule has 1 N–H and O–H groups in total. The number of hydrogen-bond donors (Lipinski definition) is 1. The number of aryl methyl sites for hydroxylation is 1. The van der Waals surface area contributed by atoms with Crippen molar-refractivity contribution in [3.8, 4) is 0 Å². The molecular formula is C18H26N2O. The van der Waals surface area contributed by atoms with Gasteiger partial charge in [-0.05, 0) is 37.0 Å². The first-order valence-electron chi connectivity index (χ1n) is 7.80. The smallest absolute Gasteiger partial charge is 0.0708 e. The molecule has 0 saturated carbocycles. The van der Waals surface area contributed by atoms with Crippen molar-refractivity contribution in [3.63, 3.8) is 0 Å². The van der Waals surface area contributed by atoms with E-state index in [9.17, 15) is 0 Å². The molecule has 2 aromatic rings. The Morgan fingerprint density at radius 1 is 1.19 bits per heavy atom. The van der Waals surface area contributed by atoms with Gasteiger partial charge in [0.25, 0.3) is 0 Å². The van der Waals surface area contributed by atoms with Crippen LogP contribution in [0.1, 0.15) is 31.5 Å². The molecule has 0 spiro atoms. The van der Waals surface area contributed by atoms with Gasteiger partial charge in [-0.3, -0.25) is 4.98 Å². The molecule has 1 aromatic heterocycles. The van der Waals surface area contributed by atoms with Gasteiger partial charge in [-0.2, -0.15) is 0 Å². The number of hydrogen-bond acceptors (Lipinski definition) is 3. The van der Waals surface area contributed by atoms with E-state index in [1.165, 1.54) is 10.9 Å². The number of ether oxygens (including phenoxy) is 1. The average Bonchev–Trinajstić information content (AvgIpc) is 2.45. The Morgan fingerprint density at radius 3 is 2.81 bits per heavy atom. The number of para-hydroxylation sites is 1. The van der Waals surface area contributed by atoms with Crippen LogP contribution in [0.4, 0.5) is 0 Å². The van der Waals surface area contributed by atoms with E-state index in [-0.39, 0.29) is 0 Å². The molecule has 21 heavy (non-hydrogen) atoms. The highest BCUT2D eigenvalue weighted by molar-refractivity contribution is 5.82. The van der Waals surface area contributed by atoms with Gasteiger partial charge in [0, 0.05) is 30.8 Å². The molecule has 0 amide bonds. The zero-order valence-corrected chi connectivity index (χ0v) is 13.4. The van der Waals surface area contributed by atoms with Gasteiger partial charge in [0.15, 0.2) is 0 Å². The summed E-state index contributed by atoms with van der Waals surface area (Å²) in [6.45, 7) is 9.86. The predicted octanol–water partition coefficient (Wildman–Crippen LogP) is 3.70. The molecule has 114 valence electrons. The van der Waals surface area contributed by atoms with Crippen LogP contribution in [-0.2, 0) is 11.3 Å². The predicted molar refractivity (Wildman–Crippen MR) is 88.5 cm³/mol. The maximum absolute atomic E-state index is 5.62. The van der Waals surface area contributed by atoms with Crippen LogP contribution in [0.2, 0.25) is 0 Å². The second-order valence-electron chi connectivity index (χ2n) is 5.91. The molecule has 3 heteroatoms. The fourth-order valence-corrected chi connectivity index (χ4v) is 2.33. The molecule has 1 heterocycles. The maximum atomic E-state index is 5.62. The van der Waals surface area contributed by atoms with E-state index >= 15 is 0 Å². The fraction of sp³-hybridized carbons (Fsp3) is 0.500. The van der Waals surface area contributed by atoms with Gasteiger partial charge < -0.3 is 10.1 Å². The van der Waals surface area contributed by atoms with E-state index in [1.54, 1.807) is 0 Å². The van der Waals surface area contributed by atoms with Crippen LogP contribution >= 0.6 is 0 Å². The van der Waals surface area contributed by atoms with Crippen LogP contribution in [0, 0.1) is 12.8 Å². The number of benzene rings is 1. The van der Waals surface area contributed by atoms with Crippen molar-refractivity contribution < 1.29 is 4.74 Å². The number of aromatic nitrogens is 1. The molecule has 0 unspecified atom stereocenters. The zero-order chi connectivity index (χ0) is 15.1. The first-order valence-corrected chi connectivity index (χ1v) is 7.80. The van der Waals surface area contributed by atoms with Crippen molar-refractivity contribution in [1.82, 2.24) is 10.3 Å². The lowest BCUT2D eigenvalue weighted by molar-refractivity contribution is 0.125. The summed E-state index contributed by atoms with van der Waals surface area (Å²) in [7, 11) is 0. The van der Waals surface area contributed by atoms with Crippen molar-refractivity contribution in [2.75, 3.05) is 19.8 Å². The van der Waals surface area contributed by atoms with Crippen molar-refractivity contribution in [1.29, 1.82) is 0 Å². The monoisotopic (exact) mass is 286 g/mol. The van der Waals surface area contributed by atoms with Gasteiger partial charge in [0.1, 0.15) is 0 Å². The normalized spacial score (nSPS) is 11.4. The Morgan fingerprint density at radius 2 is 2.00 bits per heavy atom. The summed E-state index contributed by atoms with van der Waals surface area (Å²) < 4.78 is 5.62. The zero-order valence-electron chi connectivity index (χ0n) is 13.4. The lowest BCUT2D eigenvalue weighted by Gasteiger charge is -2.10. The quantitative estimate of drug-likeness (QED) is 0.751. The van der Waals surface area contributed by atoms with E-state index in [0.29, 0.717) is 5.92 Å². The van der Waals surface area contributed by atoms with Crippen molar-refractivity contribution >= 4 is 10.9 Å². The van der Waals surface area contributed by atoms with E-state index in [2.05, 4.69) is 48.4 Å². The molecule has 0 saturated heterocycles. The topological polar surface area (TPSA) is 34.1 Å². The number of rotatable bonds is 8. The Kier molecular flexibility index (Phi) is 6.15. The summed E-state index contributed by atoms with van der Waals surface area (Å²) in [6, 6.07) is 10.5. The molecule has 0 atom stereocenters. The second-order valence-corrected chi connectivity index (χ2v) is 5.91. The minimum absolute atomic E-state index is 0.712. The van der Waals surface area contributed by atoms with Gasteiger partial charge in [0.2, 0.25) is 0 Å². The third-order valence-electron chi connectivity index (χ3n) is 3.51. The molecule has 0 radical (unpaired) electrons. The number of pyridine rings is 1. The maximum Gasteiger partial charge on any atom is 0.0708 e. The molecular weight excluding hydrogens is 260 g/mol. The number of nitrogens with one attached hydrogen (secondary N) is 1. The summed E-state index contributed by atoms with van der Waals surface area (Å²) in [4.78, 5) is 4.57. The number of nitrogens with zero attached hydrogens (tertiary/aromatic N) is 1. The van der Waals surface area contributed by atoms with E-state index in [4.69, 9.17) is 4.74 Å². The molecule has 0 aliphatic rings. The largest absolute Gasteiger partial charge is 0.380 e. The van der Waals surface area contributed by atoms with Crippen LogP contribution in [0.3, 0.4) is 0 Å². The van der Waals surface area contributed by atoms with Gasteiger partial charge >= 0.3 is 0 Å². The Labute approximate surface area is 127 Å². The summed E-state index contributed by atoms with van der Waals surface area (Å²) in [5.74, 6) is 0.712. The lowest BCUT2D eigenvalue weighted by Crippen LogP contribution is -2.20. The first-order chi connectivity index (χ1) is 10.2. The van der Waals surface area contributed by atoms with Crippen molar-refractivity contribution in [3.05, 3.63) is 41.6 Å². The van der Waals surface area contributed by atoms with Gasteiger partial charge in [0.05, 0.1) is 12.1 Å². The van der Waals surface area contributed by atoms with Crippen LogP contribution in [-0.4, -0.2) is 24.7 Å². The van der Waals surface area contributed by atoms with Gasteiger partial charge in [-0.1, -0.05) is 32.0 Å². The third kappa shape index (κ3) is 5.10. The minimum Gasteiger partial charge on any atom is -0.380 e. The average molecular weight is 286 g/mol. The van der Waals surface area contributed by atoms with Crippen LogP contribution < -0.4 is 5.32 Å². The second kappa shape index (κ2) is 8.11. The van der Waals surface area contributed by atoms with Crippen LogP contribution in [0.5, 0.6) is 0 Å². The van der Waals surface area contributed by atoms with E-state index in [0.717, 1.165) is 43.9 Å². The van der Waals surface area contributed by atoms with Crippen LogP contribution in [0.15, 0.2) is 30.3 Å². The Hall–Kier alpha value is -1.45. The highest BCUT2D eigenvalue weighted by Gasteiger charge is 2.03. The summed E-state index contributed by atoms with van der Waals surface area (Å²) >= 11 is 0. The number of fused-ring (bicyclic) bond motifs is 1. The molecule has 0 aliphatic carbocycles. The van der Waals surface area contributed by atoms with Gasteiger partial charge in [-0.25, -0.2) is 0 Å². The fourth-order valence-electron chi connectivity index (χ4n) is 2.33. The minimum atomic E-state index is 0.712. The Balaban J connectivity index is 1.81. The third-order valence-corrected chi connectivity index (χ3v) is 3.51. The summed E-state index contributed by atoms with van der Waals surface area (Å²) in [5.41, 5.74) is 3.45.